The first-order chi connectivity index (χ1) is 15.5. The van der Waals surface area contributed by atoms with Crippen molar-refractivity contribution in [2.24, 2.45) is 0 Å². The summed E-state index contributed by atoms with van der Waals surface area (Å²) >= 11 is 6.09. The number of carbonyl (C=O) groups excluding carboxylic acids is 1. The lowest BCUT2D eigenvalue weighted by atomic mass is 9.78. The van der Waals surface area contributed by atoms with Gasteiger partial charge in [-0.05, 0) is 59.9 Å². The summed E-state index contributed by atoms with van der Waals surface area (Å²) in [5, 5.41) is 7.95. The van der Waals surface area contributed by atoms with Gasteiger partial charge in [-0.25, -0.2) is 0 Å². The van der Waals surface area contributed by atoms with Crippen LogP contribution in [0.25, 0.3) is 0 Å². The smallest absolute Gasteiger partial charge is 0.163 e. The van der Waals surface area contributed by atoms with Gasteiger partial charge in [0.25, 0.3) is 0 Å². The molecule has 0 amide bonds. The number of carbonyl (C=O) groups is 1. The van der Waals surface area contributed by atoms with Crippen LogP contribution in [0.4, 0.5) is 17.1 Å². The molecule has 5 heteroatoms. The molecule has 1 heterocycles. The number of nitrogens with zero attached hydrogens (tertiary/aromatic N) is 1. The standard InChI is InChI=1S/C27H26ClN3O/c1-31(2)21-13-9-18(10-14-21)27-26-24(29-22-5-3-4-6-23(22)30-27)15-19(16-25(26)32)17-7-11-20(28)12-8-17/h3-14,19,27,29-30H,15-16H2,1-2H3/t19-,27-/m1/s1. The van der Waals surface area contributed by atoms with E-state index < -0.39 is 0 Å². The highest BCUT2D eigenvalue weighted by Gasteiger charge is 2.36. The third-order valence-electron chi connectivity index (χ3n) is 6.39. The monoisotopic (exact) mass is 443 g/mol. The minimum absolute atomic E-state index is 0.132. The Bertz CT molecular complexity index is 1180. The van der Waals surface area contributed by atoms with Crippen molar-refractivity contribution in [3.63, 3.8) is 0 Å². The molecule has 0 radical (unpaired) electrons. The van der Waals surface area contributed by atoms with E-state index in [-0.39, 0.29) is 17.7 Å². The number of benzene rings is 3. The topological polar surface area (TPSA) is 44.4 Å². The second kappa shape index (κ2) is 8.36. The lowest BCUT2D eigenvalue weighted by Gasteiger charge is -2.30. The van der Waals surface area contributed by atoms with Gasteiger partial charge >= 0.3 is 0 Å². The lowest BCUT2D eigenvalue weighted by molar-refractivity contribution is -0.116. The molecule has 0 bridgehead atoms. The normalized spacial score (nSPS) is 19.9. The van der Waals surface area contributed by atoms with Crippen LogP contribution >= 0.6 is 11.6 Å². The largest absolute Gasteiger partial charge is 0.378 e. The van der Waals surface area contributed by atoms with Crippen LogP contribution in [0.2, 0.25) is 5.02 Å². The summed E-state index contributed by atoms with van der Waals surface area (Å²) in [7, 11) is 4.06. The molecule has 0 aromatic heterocycles. The molecule has 0 spiro atoms. The summed E-state index contributed by atoms with van der Waals surface area (Å²) in [6.45, 7) is 0. The third-order valence-corrected chi connectivity index (χ3v) is 6.65. The third kappa shape index (κ3) is 3.87. The van der Waals surface area contributed by atoms with Crippen LogP contribution in [0.5, 0.6) is 0 Å². The number of ketones is 1. The zero-order valence-corrected chi connectivity index (χ0v) is 19.0. The van der Waals surface area contributed by atoms with Crippen molar-refractivity contribution in [2.45, 2.75) is 24.8 Å². The van der Waals surface area contributed by atoms with E-state index in [1.807, 2.05) is 50.5 Å². The van der Waals surface area contributed by atoms with E-state index in [9.17, 15) is 4.79 Å². The summed E-state index contributed by atoms with van der Waals surface area (Å²) in [5.74, 6) is 0.314. The van der Waals surface area contributed by atoms with E-state index in [0.29, 0.717) is 11.4 Å². The average molecular weight is 444 g/mol. The number of anilines is 3. The van der Waals surface area contributed by atoms with Crippen LogP contribution in [0.3, 0.4) is 0 Å². The molecule has 3 aromatic rings. The van der Waals surface area contributed by atoms with Crippen LogP contribution in [-0.4, -0.2) is 19.9 Å². The summed E-state index contributed by atoms with van der Waals surface area (Å²) in [6.07, 6.45) is 1.28. The van der Waals surface area contributed by atoms with Gasteiger partial charge in [0.2, 0.25) is 0 Å². The Kier molecular flexibility index (Phi) is 5.40. The van der Waals surface area contributed by atoms with Gasteiger partial charge in [-0.15, -0.1) is 0 Å². The predicted molar refractivity (Wildman–Crippen MR) is 133 cm³/mol. The predicted octanol–water partition coefficient (Wildman–Crippen LogP) is 6.39. The number of para-hydroxylation sites is 2. The molecule has 2 aliphatic rings. The molecule has 0 saturated carbocycles. The van der Waals surface area contributed by atoms with Crippen molar-refractivity contribution < 1.29 is 4.79 Å². The Morgan fingerprint density at radius 1 is 0.844 bits per heavy atom. The van der Waals surface area contributed by atoms with Gasteiger partial charge in [-0.2, -0.15) is 0 Å². The van der Waals surface area contributed by atoms with Crippen LogP contribution in [0.15, 0.2) is 84.1 Å². The first kappa shape index (κ1) is 20.7. The number of halogens is 1. The molecule has 162 valence electrons. The summed E-state index contributed by atoms with van der Waals surface area (Å²) < 4.78 is 0. The molecule has 0 fully saturated rings. The molecule has 4 nitrogen and oxygen atoms in total. The second-order valence-electron chi connectivity index (χ2n) is 8.71. The van der Waals surface area contributed by atoms with Gasteiger partial charge in [-0.3, -0.25) is 4.79 Å². The average Bonchev–Trinajstić information content (AvgIpc) is 2.96. The molecule has 0 saturated heterocycles. The van der Waals surface area contributed by atoms with Crippen molar-refractivity contribution >= 4 is 34.4 Å². The van der Waals surface area contributed by atoms with Crippen molar-refractivity contribution in [1.82, 2.24) is 0 Å². The van der Waals surface area contributed by atoms with E-state index in [0.717, 1.165) is 45.9 Å². The number of hydrogen-bond acceptors (Lipinski definition) is 4. The fourth-order valence-corrected chi connectivity index (χ4v) is 4.80. The van der Waals surface area contributed by atoms with Gasteiger partial charge in [0.15, 0.2) is 5.78 Å². The number of hydrogen-bond donors (Lipinski definition) is 2. The molecule has 3 aromatic carbocycles. The van der Waals surface area contributed by atoms with Crippen LogP contribution in [-0.2, 0) is 4.79 Å². The van der Waals surface area contributed by atoms with Gasteiger partial charge in [0, 0.05) is 42.5 Å². The van der Waals surface area contributed by atoms with E-state index >= 15 is 0 Å². The first-order valence-corrected chi connectivity index (χ1v) is 11.3. The summed E-state index contributed by atoms with van der Waals surface area (Å²) in [5.41, 5.74) is 7.20. The molecule has 2 N–H and O–H groups in total. The van der Waals surface area contributed by atoms with Gasteiger partial charge in [0.1, 0.15) is 0 Å². The molecular weight excluding hydrogens is 418 g/mol. The fourth-order valence-electron chi connectivity index (χ4n) is 4.68. The maximum atomic E-state index is 13.6. The molecule has 2 atom stereocenters. The fraction of sp³-hybridized carbons (Fsp3) is 0.222. The number of rotatable bonds is 3. The van der Waals surface area contributed by atoms with E-state index in [1.54, 1.807) is 0 Å². The highest BCUT2D eigenvalue weighted by molar-refractivity contribution is 6.30. The van der Waals surface area contributed by atoms with Crippen LogP contribution < -0.4 is 15.5 Å². The zero-order chi connectivity index (χ0) is 22.2. The first-order valence-electron chi connectivity index (χ1n) is 10.9. The summed E-state index contributed by atoms with van der Waals surface area (Å²) in [4.78, 5) is 15.6. The zero-order valence-electron chi connectivity index (χ0n) is 18.2. The van der Waals surface area contributed by atoms with E-state index in [1.165, 1.54) is 0 Å². The highest BCUT2D eigenvalue weighted by Crippen LogP contribution is 2.44. The molecule has 32 heavy (non-hydrogen) atoms. The van der Waals surface area contributed by atoms with E-state index in [4.69, 9.17) is 11.6 Å². The highest BCUT2D eigenvalue weighted by atomic mass is 35.5. The Labute approximate surface area is 193 Å². The van der Waals surface area contributed by atoms with Crippen molar-refractivity contribution in [3.05, 3.63) is 100 Å². The molecule has 5 rings (SSSR count). The van der Waals surface area contributed by atoms with Gasteiger partial charge in [0.05, 0.1) is 17.4 Å². The molecule has 1 aliphatic heterocycles. The number of fused-ring (bicyclic) bond motifs is 1. The van der Waals surface area contributed by atoms with Gasteiger partial charge in [-0.1, -0.05) is 48.0 Å². The van der Waals surface area contributed by atoms with Gasteiger partial charge < -0.3 is 15.5 Å². The maximum Gasteiger partial charge on any atom is 0.163 e. The Hall–Kier alpha value is -3.24. The Morgan fingerprint density at radius 3 is 2.19 bits per heavy atom. The lowest BCUT2D eigenvalue weighted by Crippen LogP contribution is -2.26. The van der Waals surface area contributed by atoms with Crippen molar-refractivity contribution in [1.29, 1.82) is 0 Å². The molecule has 0 unspecified atom stereocenters. The Balaban J connectivity index is 1.58. The SMILES string of the molecule is CN(C)c1ccc([C@H]2Nc3ccccc3NC3=C2C(=O)C[C@H](c2ccc(Cl)cc2)C3)cc1. The number of nitrogens with one attached hydrogen (secondary N) is 2. The summed E-state index contributed by atoms with van der Waals surface area (Å²) in [6, 6.07) is 24.3. The molecular formula is C27H26ClN3O. The second-order valence-corrected chi connectivity index (χ2v) is 9.14. The number of allylic oxidation sites excluding steroid dienone is 1. The molecule has 1 aliphatic carbocycles. The van der Waals surface area contributed by atoms with Crippen LogP contribution in [0, 0.1) is 0 Å². The Morgan fingerprint density at radius 2 is 1.50 bits per heavy atom. The minimum Gasteiger partial charge on any atom is -0.378 e. The number of Topliss-reactive ketones (excluding diaryl/α,β-unsaturated/α-hetero) is 1. The van der Waals surface area contributed by atoms with E-state index in [2.05, 4.69) is 51.9 Å². The van der Waals surface area contributed by atoms with Crippen LogP contribution in [0.1, 0.15) is 35.9 Å². The minimum atomic E-state index is -0.198. The van der Waals surface area contributed by atoms with Crippen molar-refractivity contribution in [3.8, 4) is 0 Å². The maximum absolute atomic E-state index is 13.6. The quantitative estimate of drug-likeness (QED) is 0.492. The van der Waals surface area contributed by atoms with Crippen molar-refractivity contribution in [2.75, 3.05) is 29.6 Å².